The number of nitrogens with zero attached hydrogens (tertiary/aromatic N) is 2. The summed E-state index contributed by atoms with van der Waals surface area (Å²) < 4.78 is 0. The molecule has 0 amide bonds. The summed E-state index contributed by atoms with van der Waals surface area (Å²) in [5, 5.41) is 4.58. The van der Waals surface area contributed by atoms with Crippen molar-refractivity contribution in [1.82, 2.24) is 4.90 Å². The Morgan fingerprint density at radius 1 is 0.958 bits per heavy atom. The summed E-state index contributed by atoms with van der Waals surface area (Å²) >= 11 is 0. The van der Waals surface area contributed by atoms with Gasteiger partial charge in [-0.3, -0.25) is 0 Å². The third kappa shape index (κ3) is 2.84. The van der Waals surface area contributed by atoms with Crippen molar-refractivity contribution in [3.8, 4) is 0 Å². The summed E-state index contributed by atoms with van der Waals surface area (Å²) in [7, 11) is 4.16. The van der Waals surface area contributed by atoms with Gasteiger partial charge < -0.3 is 9.74 Å². The number of hydrogen-bond acceptors (Lipinski definition) is 3. The first kappa shape index (κ1) is 15.4. The highest BCUT2D eigenvalue weighted by Gasteiger charge is 2.44. The first-order chi connectivity index (χ1) is 11.8. The summed E-state index contributed by atoms with van der Waals surface area (Å²) in [6.45, 7) is 1.67. The van der Waals surface area contributed by atoms with Crippen LogP contribution in [0.4, 0.5) is 0 Å². The average molecular weight is 320 g/mol. The third-order valence-electron chi connectivity index (χ3n) is 5.02. The second-order valence-electron chi connectivity index (χ2n) is 7.05. The fraction of sp³-hybridized carbons (Fsp3) is 0.381. The lowest BCUT2D eigenvalue weighted by molar-refractivity contribution is 0.135. The van der Waals surface area contributed by atoms with Crippen LogP contribution in [0.15, 0.2) is 53.7 Å². The van der Waals surface area contributed by atoms with Crippen molar-refractivity contribution < 1.29 is 4.84 Å². The summed E-state index contributed by atoms with van der Waals surface area (Å²) in [4.78, 5) is 7.87. The van der Waals surface area contributed by atoms with Crippen LogP contribution in [-0.4, -0.2) is 37.9 Å². The van der Waals surface area contributed by atoms with Crippen LogP contribution in [0.3, 0.4) is 0 Å². The predicted molar refractivity (Wildman–Crippen MR) is 97.7 cm³/mol. The Morgan fingerprint density at radius 2 is 1.54 bits per heavy atom. The minimum absolute atomic E-state index is 0.642. The molecule has 2 aliphatic rings. The maximum Gasteiger partial charge on any atom is 0.118 e. The van der Waals surface area contributed by atoms with Crippen LogP contribution in [0.25, 0.3) is 0 Å². The highest BCUT2D eigenvalue weighted by atomic mass is 16.6. The Kier molecular flexibility index (Phi) is 4.11. The second-order valence-corrected chi connectivity index (χ2v) is 7.05. The molecule has 0 aliphatic heterocycles. The molecule has 1 fully saturated rings. The standard InChI is InChI=1S/C21H24N2O/c1-23(2)12-7-13-24-22-21-17-10-5-3-8-15(17)19-14-20(19)16-9-4-6-11-18(16)21/h3-6,8-11,19-20H,7,12-14H2,1-2H3. The molecule has 3 nitrogen and oxygen atoms in total. The van der Waals surface area contributed by atoms with Gasteiger partial charge in [0.05, 0.1) is 0 Å². The monoisotopic (exact) mass is 320 g/mol. The highest BCUT2D eigenvalue weighted by molar-refractivity contribution is 6.15. The number of benzene rings is 2. The molecule has 24 heavy (non-hydrogen) atoms. The molecule has 2 aliphatic carbocycles. The Balaban J connectivity index is 1.67. The fourth-order valence-electron chi connectivity index (χ4n) is 3.75. The molecule has 2 aromatic rings. The lowest BCUT2D eigenvalue weighted by Gasteiger charge is -2.12. The molecule has 2 unspecified atom stereocenters. The summed E-state index contributed by atoms with van der Waals surface area (Å²) in [6.07, 6.45) is 2.24. The van der Waals surface area contributed by atoms with Crippen molar-refractivity contribution in [3.63, 3.8) is 0 Å². The predicted octanol–water partition coefficient (Wildman–Crippen LogP) is 3.99. The van der Waals surface area contributed by atoms with E-state index in [2.05, 4.69) is 72.7 Å². The van der Waals surface area contributed by atoms with Gasteiger partial charge in [-0.05, 0) is 49.9 Å². The number of oxime groups is 1. The zero-order chi connectivity index (χ0) is 16.5. The molecule has 0 spiro atoms. The normalized spacial score (nSPS) is 20.7. The molecule has 0 saturated heterocycles. The Bertz CT molecular complexity index is 712. The minimum Gasteiger partial charge on any atom is -0.395 e. The van der Waals surface area contributed by atoms with Crippen LogP contribution in [0.1, 0.15) is 46.9 Å². The minimum atomic E-state index is 0.642. The largest absolute Gasteiger partial charge is 0.395 e. The Morgan fingerprint density at radius 3 is 2.12 bits per heavy atom. The van der Waals surface area contributed by atoms with Gasteiger partial charge in [0.15, 0.2) is 0 Å². The molecule has 3 heteroatoms. The average Bonchev–Trinajstić information content (AvgIpc) is 3.38. The van der Waals surface area contributed by atoms with E-state index < -0.39 is 0 Å². The Labute approximate surface area is 143 Å². The van der Waals surface area contributed by atoms with E-state index in [1.165, 1.54) is 28.7 Å². The van der Waals surface area contributed by atoms with Crippen LogP contribution in [0.5, 0.6) is 0 Å². The first-order valence-corrected chi connectivity index (χ1v) is 8.79. The summed E-state index contributed by atoms with van der Waals surface area (Å²) in [5.41, 5.74) is 6.33. The van der Waals surface area contributed by atoms with Crippen molar-refractivity contribution >= 4 is 5.71 Å². The van der Waals surface area contributed by atoms with Gasteiger partial charge >= 0.3 is 0 Å². The van der Waals surface area contributed by atoms with Gasteiger partial charge in [0.2, 0.25) is 0 Å². The van der Waals surface area contributed by atoms with E-state index in [9.17, 15) is 0 Å². The summed E-state index contributed by atoms with van der Waals surface area (Å²) in [5.74, 6) is 1.28. The summed E-state index contributed by atoms with van der Waals surface area (Å²) in [6, 6.07) is 17.4. The maximum absolute atomic E-state index is 5.70. The molecular formula is C21H24N2O. The molecule has 124 valence electrons. The van der Waals surface area contributed by atoms with E-state index in [4.69, 9.17) is 4.84 Å². The van der Waals surface area contributed by atoms with E-state index in [0.717, 1.165) is 18.7 Å². The number of rotatable bonds is 5. The molecular weight excluding hydrogens is 296 g/mol. The Hall–Kier alpha value is -2.13. The molecule has 0 bridgehead atoms. The zero-order valence-electron chi connectivity index (χ0n) is 14.4. The van der Waals surface area contributed by atoms with Crippen LogP contribution in [-0.2, 0) is 4.84 Å². The third-order valence-corrected chi connectivity index (χ3v) is 5.02. The van der Waals surface area contributed by atoms with Crippen molar-refractivity contribution in [2.75, 3.05) is 27.2 Å². The van der Waals surface area contributed by atoms with Crippen molar-refractivity contribution in [3.05, 3.63) is 70.8 Å². The van der Waals surface area contributed by atoms with Gasteiger partial charge in [0.1, 0.15) is 12.3 Å². The number of fused-ring (bicyclic) bond motifs is 5. The van der Waals surface area contributed by atoms with Gasteiger partial charge in [-0.1, -0.05) is 53.7 Å². The molecule has 0 N–H and O–H groups in total. The van der Waals surface area contributed by atoms with Crippen LogP contribution in [0, 0.1) is 0 Å². The molecule has 0 radical (unpaired) electrons. The van der Waals surface area contributed by atoms with Crippen molar-refractivity contribution in [2.45, 2.75) is 24.7 Å². The zero-order valence-corrected chi connectivity index (χ0v) is 14.4. The lowest BCUT2D eigenvalue weighted by atomic mass is 9.95. The van der Waals surface area contributed by atoms with E-state index in [-0.39, 0.29) is 0 Å². The van der Waals surface area contributed by atoms with Gasteiger partial charge in [-0.2, -0.15) is 0 Å². The smallest absolute Gasteiger partial charge is 0.118 e. The van der Waals surface area contributed by atoms with Gasteiger partial charge in [0, 0.05) is 17.7 Å². The van der Waals surface area contributed by atoms with E-state index in [1.54, 1.807) is 0 Å². The topological polar surface area (TPSA) is 24.8 Å². The van der Waals surface area contributed by atoms with Crippen molar-refractivity contribution in [1.29, 1.82) is 0 Å². The molecule has 4 rings (SSSR count). The van der Waals surface area contributed by atoms with Gasteiger partial charge in [-0.25, -0.2) is 0 Å². The second kappa shape index (κ2) is 6.40. The van der Waals surface area contributed by atoms with Gasteiger partial charge in [0.25, 0.3) is 0 Å². The molecule has 0 aromatic heterocycles. The highest BCUT2D eigenvalue weighted by Crippen LogP contribution is 2.58. The van der Waals surface area contributed by atoms with E-state index in [0.29, 0.717) is 18.4 Å². The van der Waals surface area contributed by atoms with Crippen LogP contribution >= 0.6 is 0 Å². The quantitative estimate of drug-likeness (QED) is 0.614. The SMILES string of the molecule is CN(C)CCCON=C1c2ccccc2C2CC2c2ccccc21. The lowest BCUT2D eigenvalue weighted by Crippen LogP contribution is -2.14. The first-order valence-electron chi connectivity index (χ1n) is 8.79. The van der Waals surface area contributed by atoms with Crippen LogP contribution < -0.4 is 0 Å². The maximum atomic E-state index is 5.70. The van der Waals surface area contributed by atoms with Crippen LogP contribution in [0.2, 0.25) is 0 Å². The molecule has 1 saturated carbocycles. The molecule has 2 atom stereocenters. The van der Waals surface area contributed by atoms with Gasteiger partial charge in [-0.15, -0.1) is 0 Å². The fourth-order valence-corrected chi connectivity index (χ4v) is 3.75. The van der Waals surface area contributed by atoms with E-state index in [1.807, 2.05) is 0 Å². The van der Waals surface area contributed by atoms with E-state index >= 15 is 0 Å². The molecule has 0 heterocycles. The number of hydrogen-bond donors (Lipinski definition) is 0. The molecule has 2 aromatic carbocycles. The van der Waals surface area contributed by atoms with Crippen molar-refractivity contribution in [2.24, 2.45) is 5.16 Å².